The second-order valence-corrected chi connectivity index (χ2v) is 9.03. The molecular weight excluding hydrogens is 512 g/mol. The maximum absolute atomic E-state index is 13.5. The molecule has 2 aliphatic heterocycles. The Morgan fingerprint density at radius 1 is 0.733 bits per heavy atom. The summed E-state index contributed by atoms with van der Waals surface area (Å²) >= 11 is 6.90. The van der Waals surface area contributed by atoms with Crippen LogP contribution in [0.3, 0.4) is 0 Å². The van der Waals surface area contributed by atoms with Crippen molar-refractivity contribution in [2.75, 3.05) is 9.96 Å². The first kappa shape index (κ1) is 19.5. The Balaban J connectivity index is 1.59. The van der Waals surface area contributed by atoms with Gasteiger partial charge in [0.25, 0.3) is 5.91 Å². The number of fused-ring (bicyclic) bond motifs is 1. The summed E-state index contributed by atoms with van der Waals surface area (Å²) in [6.45, 7) is 0. The van der Waals surface area contributed by atoms with E-state index in [0.717, 1.165) is 20.2 Å². The van der Waals surface area contributed by atoms with Crippen molar-refractivity contribution in [3.8, 4) is 0 Å². The van der Waals surface area contributed by atoms with Gasteiger partial charge in [0, 0.05) is 8.95 Å². The van der Waals surface area contributed by atoms with E-state index in [0.29, 0.717) is 5.69 Å². The highest BCUT2D eigenvalue weighted by Crippen LogP contribution is 2.47. The lowest BCUT2D eigenvalue weighted by Crippen LogP contribution is -2.37. The molecule has 2 heterocycles. The minimum Gasteiger partial charge on any atom is -0.273 e. The number of para-hydroxylation sites is 1. The number of anilines is 2. The zero-order valence-electron chi connectivity index (χ0n) is 15.6. The van der Waals surface area contributed by atoms with Gasteiger partial charge in [0.2, 0.25) is 5.91 Å². The van der Waals surface area contributed by atoms with Crippen LogP contribution in [0.1, 0.15) is 11.6 Å². The van der Waals surface area contributed by atoms with E-state index in [4.69, 9.17) is 4.84 Å². The summed E-state index contributed by atoms with van der Waals surface area (Å²) in [6, 6.07) is 24.0. The molecule has 7 heteroatoms. The number of nitrogens with zero attached hydrogens (tertiary/aromatic N) is 2. The molecule has 2 saturated heterocycles. The van der Waals surface area contributed by atoms with Crippen LogP contribution in [0.2, 0.25) is 0 Å². The molecule has 30 heavy (non-hydrogen) atoms. The van der Waals surface area contributed by atoms with E-state index in [-0.39, 0.29) is 11.8 Å². The van der Waals surface area contributed by atoms with Crippen molar-refractivity contribution in [3.63, 3.8) is 0 Å². The van der Waals surface area contributed by atoms with E-state index in [2.05, 4.69) is 31.9 Å². The van der Waals surface area contributed by atoms with Gasteiger partial charge in [-0.15, -0.1) is 0 Å². The summed E-state index contributed by atoms with van der Waals surface area (Å²) < 4.78 is 1.78. The molecule has 2 aliphatic rings. The molecule has 0 unspecified atom stereocenters. The Morgan fingerprint density at radius 2 is 1.47 bits per heavy atom. The molecule has 0 spiro atoms. The van der Waals surface area contributed by atoms with Crippen LogP contribution < -0.4 is 9.96 Å². The first-order valence-corrected chi connectivity index (χ1v) is 11.0. The number of benzene rings is 3. The SMILES string of the molecule is O=C1[C@@H]2[C@@H](c3cccc(Br)c3)N(c3ccccc3)O[C@H]2C(=O)N1c1ccc(Br)cc1. The number of carbonyl (C=O) groups excluding carboxylic acids is 2. The lowest BCUT2D eigenvalue weighted by molar-refractivity contribution is -0.126. The van der Waals surface area contributed by atoms with Crippen LogP contribution in [0.15, 0.2) is 87.8 Å². The summed E-state index contributed by atoms with van der Waals surface area (Å²) in [5, 5.41) is 1.70. The number of amides is 2. The Kier molecular flexibility index (Phi) is 4.97. The summed E-state index contributed by atoms with van der Waals surface area (Å²) in [5.41, 5.74) is 2.25. The Hall–Kier alpha value is -2.48. The van der Waals surface area contributed by atoms with Gasteiger partial charge in [-0.3, -0.25) is 14.4 Å². The summed E-state index contributed by atoms with van der Waals surface area (Å²) in [6.07, 6.45) is -0.870. The highest BCUT2D eigenvalue weighted by molar-refractivity contribution is 9.10. The van der Waals surface area contributed by atoms with Crippen molar-refractivity contribution >= 4 is 55.0 Å². The van der Waals surface area contributed by atoms with E-state index in [9.17, 15) is 9.59 Å². The van der Waals surface area contributed by atoms with Crippen LogP contribution in [-0.4, -0.2) is 17.9 Å². The van der Waals surface area contributed by atoms with Gasteiger partial charge in [-0.25, -0.2) is 9.96 Å². The molecule has 0 radical (unpaired) electrons. The summed E-state index contributed by atoms with van der Waals surface area (Å²) in [7, 11) is 0. The molecule has 3 atom stereocenters. The van der Waals surface area contributed by atoms with Crippen molar-refractivity contribution in [1.29, 1.82) is 0 Å². The lowest BCUT2D eigenvalue weighted by atomic mass is 9.90. The molecule has 5 rings (SSSR count). The third-order valence-electron chi connectivity index (χ3n) is 5.40. The number of hydroxylamine groups is 1. The number of hydrogen-bond acceptors (Lipinski definition) is 4. The number of carbonyl (C=O) groups is 2. The first-order valence-electron chi connectivity index (χ1n) is 9.44. The predicted molar refractivity (Wildman–Crippen MR) is 121 cm³/mol. The highest BCUT2D eigenvalue weighted by atomic mass is 79.9. The molecule has 0 bridgehead atoms. The third-order valence-corrected chi connectivity index (χ3v) is 6.42. The van der Waals surface area contributed by atoms with Crippen molar-refractivity contribution < 1.29 is 14.4 Å². The third kappa shape index (κ3) is 3.17. The average molecular weight is 528 g/mol. The molecule has 2 fully saturated rings. The molecule has 0 N–H and O–H groups in total. The number of halogens is 2. The maximum atomic E-state index is 13.5. The van der Waals surface area contributed by atoms with E-state index >= 15 is 0 Å². The molecule has 5 nitrogen and oxygen atoms in total. The van der Waals surface area contributed by atoms with Crippen molar-refractivity contribution in [2.45, 2.75) is 12.1 Å². The van der Waals surface area contributed by atoms with Crippen LogP contribution in [0, 0.1) is 5.92 Å². The summed E-state index contributed by atoms with van der Waals surface area (Å²) in [4.78, 5) is 34.1. The molecule has 0 saturated carbocycles. The topological polar surface area (TPSA) is 49.9 Å². The van der Waals surface area contributed by atoms with Gasteiger partial charge in [-0.1, -0.05) is 62.2 Å². The van der Waals surface area contributed by atoms with Crippen molar-refractivity contribution in [1.82, 2.24) is 0 Å². The standard InChI is InChI=1S/C23H16Br2N2O3/c24-15-9-11-17(12-10-15)26-22(28)19-20(14-5-4-6-16(25)13-14)27(30-21(19)23(26)29)18-7-2-1-3-8-18/h1-13,19-21H/t19-,20-,21-/m1/s1. The zero-order valence-corrected chi connectivity index (χ0v) is 18.8. The minimum atomic E-state index is -0.870. The fourth-order valence-corrected chi connectivity index (χ4v) is 4.77. The van der Waals surface area contributed by atoms with Gasteiger partial charge in [0.15, 0.2) is 6.10 Å². The first-order chi connectivity index (χ1) is 14.5. The molecule has 150 valence electrons. The normalized spacial score (nSPS) is 23.2. The number of hydrogen-bond donors (Lipinski definition) is 0. The van der Waals surface area contributed by atoms with Crippen molar-refractivity contribution in [3.05, 3.63) is 93.4 Å². The Morgan fingerprint density at radius 3 is 2.17 bits per heavy atom. The van der Waals surface area contributed by atoms with E-state index in [1.165, 1.54) is 4.90 Å². The molecule has 0 aromatic heterocycles. The van der Waals surface area contributed by atoms with Crippen LogP contribution in [0.4, 0.5) is 11.4 Å². The molecule has 3 aromatic carbocycles. The zero-order chi connectivity index (χ0) is 20.8. The molecular formula is C23H16Br2N2O3. The second kappa shape index (κ2) is 7.65. The van der Waals surface area contributed by atoms with Crippen LogP contribution in [0.5, 0.6) is 0 Å². The second-order valence-electron chi connectivity index (χ2n) is 7.20. The number of rotatable bonds is 3. The minimum absolute atomic E-state index is 0.254. The van der Waals surface area contributed by atoms with E-state index < -0.39 is 18.1 Å². The molecule has 3 aromatic rings. The van der Waals surface area contributed by atoms with Gasteiger partial charge in [0.05, 0.1) is 17.4 Å². The Bertz CT molecular complexity index is 1120. The maximum Gasteiger partial charge on any atom is 0.266 e. The Labute approximate surface area is 190 Å². The van der Waals surface area contributed by atoms with Crippen LogP contribution >= 0.6 is 31.9 Å². The average Bonchev–Trinajstić information content (AvgIpc) is 3.26. The summed E-state index contributed by atoms with van der Waals surface area (Å²) in [5.74, 6) is -1.24. The number of imide groups is 1. The van der Waals surface area contributed by atoms with Gasteiger partial charge < -0.3 is 0 Å². The fourth-order valence-electron chi connectivity index (χ4n) is 4.09. The van der Waals surface area contributed by atoms with E-state index in [1.54, 1.807) is 17.2 Å². The smallest absolute Gasteiger partial charge is 0.266 e. The van der Waals surface area contributed by atoms with E-state index in [1.807, 2.05) is 66.7 Å². The van der Waals surface area contributed by atoms with Gasteiger partial charge >= 0.3 is 0 Å². The fraction of sp³-hybridized carbons (Fsp3) is 0.130. The van der Waals surface area contributed by atoms with Crippen molar-refractivity contribution in [2.24, 2.45) is 5.92 Å². The quantitative estimate of drug-likeness (QED) is 0.436. The van der Waals surface area contributed by atoms with Crippen LogP contribution in [0.25, 0.3) is 0 Å². The lowest BCUT2D eigenvalue weighted by Gasteiger charge is -2.28. The predicted octanol–water partition coefficient (Wildman–Crippen LogP) is 5.26. The largest absolute Gasteiger partial charge is 0.273 e. The monoisotopic (exact) mass is 526 g/mol. The van der Waals surface area contributed by atoms with Gasteiger partial charge in [-0.2, -0.15) is 0 Å². The van der Waals surface area contributed by atoms with Gasteiger partial charge in [-0.05, 0) is 54.1 Å². The van der Waals surface area contributed by atoms with Crippen LogP contribution in [-0.2, 0) is 14.4 Å². The molecule has 0 aliphatic carbocycles. The highest BCUT2D eigenvalue weighted by Gasteiger charge is 2.60. The molecule has 2 amide bonds. The van der Waals surface area contributed by atoms with Gasteiger partial charge in [0.1, 0.15) is 5.92 Å².